The molecule has 1 aliphatic heterocycles. The first-order valence-electron chi connectivity index (χ1n) is 9.30. The van der Waals surface area contributed by atoms with E-state index in [1.807, 2.05) is 0 Å². The van der Waals surface area contributed by atoms with Crippen LogP contribution in [0.3, 0.4) is 0 Å². The Balaban J connectivity index is 1.41. The number of hydrogen-bond acceptors (Lipinski definition) is 6. The van der Waals surface area contributed by atoms with Crippen LogP contribution in [0.25, 0.3) is 0 Å². The molecule has 1 N–H and O–H groups in total. The molecule has 0 amide bonds. The lowest BCUT2D eigenvalue weighted by Gasteiger charge is -2.12. The van der Waals surface area contributed by atoms with E-state index in [2.05, 4.69) is 4.72 Å². The molecule has 1 saturated carbocycles. The van der Waals surface area contributed by atoms with Crippen molar-refractivity contribution in [1.82, 2.24) is 4.72 Å². The van der Waals surface area contributed by atoms with Crippen molar-refractivity contribution >= 4 is 27.6 Å². The van der Waals surface area contributed by atoms with E-state index >= 15 is 0 Å². The molecule has 0 bridgehead atoms. The van der Waals surface area contributed by atoms with Crippen LogP contribution in [0.5, 0.6) is 11.5 Å². The summed E-state index contributed by atoms with van der Waals surface area (Å²) in [6, 6.07) is 9.08. The molecule has 1 aliphatic carbocycles. The fraction of sp³-hybridized carbons (Fsp3) is 0.350. The number of halogens is 1. The number of carbonyl (C=O) groups is 1. The Hall–Kier alpha value is -2.29. The maximum absolute atomic E-state index is 12.3. The van der Waals surface area contributed by atoms with Gasteiger partial charge >= 0.3 is 5.97 Å². The Morgan fingerprint density at radius 1 is 1.14 bits per heavy atom. The lowest BCUT2D eigenvalue weighted by Crippen LogP contribution is -2.25. The highest BCUT2D eigenvalue weighted by Gasteiger charge is 2.28. The van der Waals surface area contributed by atoms with Crippen molar-refractivity contribution in [2.45, 2.75) is 36.8 Å². The van der Waals surface area contributed by atoms with Gasteiger partial charge in [-0.05, 0) is 54.8 Å². The van der Waals surface area contributed by atoms with Gasteiger partial charge in [-0.25, -0.2) is 17.9 Å². The molecular formula is C20H20ClNO6S. The van der Waals surface area contributed by atoms with Crippen LogP contribution >= 0.6 is 11.6 Å². The molecule has 1 fully saturated rings. The van der Waals surface area contributed by atoms with Crippen LogP contribution in [-0.4, -0.2) is 33.6 Å². The SMILES string of the molecule is O=C(OCc1cc(Cl)c2c(c1)OCCCO2)c1ccc(S(=O)(=O)NC2CC2)cc1. The summed E-state index contributed by atoms with van der Waals surface area (Å²) in [7, 11) is -3.55. The van der Waals surface area contributed by atoms with Crippen molar-refractivity contribution in [2.24, 2.45) is 0 Å². The van der Waals surface area contributed by atoms with E-state index in [1.165, 1.54) is 24.3 Å². The number of hydrogen-bond donors (Lipinski definition) is 1. The molecule has 0 aromatic heterocycles. The first-order valence-corrected chi connectivity index (χ1v) is 11.2. The zero-order valence-corrected chi connectivity index (χ0v) is 17.1. The number of rotatable bonds is 6. The fourth-order valence-electron chi connectivity index (χ4n) is 2.86. The molecule has 7 nitrogen and oxygen atoms in total. The Bertz CT molecular complexity index is 1020. The average molecular weight is 438 g/mol. The monoisotopic (exact) mass is 437 g/mol. The minimum Gasteiger partial charge on any atom is -0.489 e. The van der Waals surface area contributed by atoms with Crippen molar-refractivity contribution < 1.29 is 27.4 Å². The second-order valence-electron chi connectivity index (χ2n) is 6.95. The maximum atomic E-state index is 12.3. The summed E-state index contributed by atoms with van der Waals surface area (Å²) in [4.78, 5) is 12.4. The van der Waals surface area contributed by atoms with Crippen LogP contribution in [0, 0.1) is 0 Å². The molecule has 0 saturated heterocycles. The number of fused-ring (bicyclic) bond motifs is 1. The summed E-state index contributed by atoms with van der Waals surface area (Å²) in [5, 5.41) is 0.396. The van der Waals surface area contributed by atoms with Gasteiger partial charge < -0.3 is 14.2 Å². The summed E-state index contributed by atoms with van der Waals surface area (Å²) in [5.41, 5.74) is 0.927. The van der Waals surface area contributed by atoms with E-state index in [0.717, 1.165) is 19.3 Å². The zero-order chi connectivity index (χ0) is 20.4. The van der Waals surface area contributed by atoms with Gasteiger partial charge in [0.25, 0.3) is 0 Å². The molecule has 4 rings (SSSR count). The highest BCUT2D eigenvalue weighted by molar-refractivity contribution is 7.89. The molecule has 1 heterocycles. The summed E-state index contributed by atoms with van der Waals surface area (Å²) in [5.74, 6) is 0.460. The van der Waals surface area contributed by atoms with E-state index in [9.17, 15) is 13.2 Å². The third-order valence-electron chi connectivity index (χ3n) is 4.53. The van der Waals surface area contributed by atoms with Gasteiger partial charge in [-0.2, -0.15) is 0 Å². The molecule has 29 heavy (non-hydrogen) atoms. The summed E-state index contributed by atoms with van der Waals surface area (Å²) >= 11 is 6.24. The van der Waals surface area contributed by atoms with Gasteiger partial charge in [0.1, 0.15) is 6.61 Å². The first kappa shape index (κ1) is 20.0. The average Bonchev–Trinajstić information content (AvgIpc) is 3.52. The van der Waals surface area contributed by atoms with Crippen LogP contribution in [0.4, 0.5) is 0 Å². The lowest BCUT2D eigenvalue weighted by molar-refractivity contribution is 0.0472. The van der Waals surface area contributed by atoms with E-state index in [1.54, 1.807) is 12.1 Å². The zero-order valence-electron chi connectivity index (χ0n) is 15.5. The van der Waals surface area contributed by atoms with Crippen LogP contribution in [0.2, 0.25) is 5.02 Å². The van der Waals surface area contributed by atoms with E-state index < -0.39 is 16.0 Å². The van der Waals surface area contributed by atoms with Crippen molar-refractivity contribution in [3.05, 3.63) is 52.5 Å². The Morgan fingerprint density at radius 2 is 1.86 bits per heavy atom. The molecule has 0 unspecified atom stereocenters. The number of ether oxygens (including phenoxy) is 3. The van der Waals surface area contributed by atoms with Gasteiger partial charge in [0.05, 0.1) is 28.7 Å². The van der Waals surface area contributed by atoms with E-state index in [-0.39, 0.29) is 23.1 Å². The standard InChI is InChI=1S/C20H20ClNO6S/c21-17-10-13(11-18-19(17)27-9-1-8-26-18)12-28-20(23)14-2-6-16(7-3-14)29(24,25)22-15-4-5-15/h2-3,6-7,10-11,15,22H,1,4-5,8-9,12H2. The van der Waals surface area contributed by atoms with Crippen LogP contribution in [-0.2, 0) is 21.4 Å². The molecule has 9 heteroatoms. The topological polar surface area (TPSA) is 90.9 Å². The third-order valence-corrected chi connectivity index (χ3v) is 6.35. The van der Waals surface area contributed by atoms with E-state index in [4.69, 9.17) is 25.8 Å². The Morgan fingerprint density at radius 3 is 2.59 bits per heavy atom. The molecule has 2 aromatic carbocycles. The minimum absolute atomic E-state index is 0.00151. The number of nitrogens with one attached hydrogen (secondary N) is 1. The molecule has 0 atom stereocenters. The van der Waals surface area contributed by atoms with Gasteiger partial charge in [-0.3, -0.25) is 0 Å². The van der Waals surface area contributed by atoms with Gasteiger partial charge in [0.2, 0.25) is 10.0 Å². The third kappa shape index (κ3) is 4.83. The summed E-state index contributed by atoms with van der Waals surface area (Å²) < 4.78 is 43.5. The predicted molar refractivity (Wildman–Crippen MR) is 106 cm³/mol. The second kappa shape index (κ2) is 8.22. The van der Waals surface area contributed by atoms with Gasteiger partial charge in [0, 0.05) is 12.5 Å². The van der Waals surface area contributed by atoms with Crippen molar-refractivity contribution in [3.63, 3.8) is 0 Å². The molecular weight excluding hydrogens is 418 g/mol. The van der Waals surface area contributed by atoms with Gasteiger partial charge in [-0.15, -0.1) is 0 Å². The van der Waals surface area contributed by atoms with Crippen LogP contribution in [0.15, 0.2) is 41.3 Å². The smallest absolute Gasteiger partial charge is 0.338 e. The Labute approximate surface area is 174 Å². The lowest BCUT2D eigenvalue weighted by atomic mass is 10.2. The maximum Gasteiger partial charge on any atom is 0.338 e. The highest BCUT2D eigenvalue weighted by atomic mass is 35.5. The second-order valence-corrected chi connectivity index (χ2v) is 9.07. The van der Waals surface area contributed by atoms with E-state index in [0.29, 0.717) is 35.3 Å². The first-order chi connectivity index (χ1) is 13.9. The van der Waals surface area contributed by atoms with Crippen molar-refractivity contribution in [3.8, 4) is 11.5 Å². The summed E-state index contributed by atoms with van der Waals surface area (Å²) in [6.07, 6.45) is 2.47. The number of benzene rings is 2. The number of carbonyl (C=O) groups excluding carboxylic acids is 1. The number of sulfonamides is 1. The summed E-state index contributed by atoms with van der Waals surface area (Å²) in [6.45, 7) is 1.05. The van der Waals surface area contributed by atoms with Crippen LogP contribution < -0.4 is 14.2 Å². The van der Waals surface area contributed by atoms with Crippen molar-refractivity contribution in [1.29, 1.82) is 0 Å². The van der Waals surface area contributed by atoms with Crippen LogP contribution in [0.1, 0.15) is 35.2 Å². The van der Waals surface area contributed by atoms with Crippen molar-refractivity contribution in [2.75, 3.05) is 13.2 Å². The van der Waals surface area contributed by atoms with Gasteiger partial charge in [0.15, 0.2) is 11.5 Å². The fourth-order valence-corrected chi connectivity index (χ4v) is 4.45. The quantitative estimate of drug-likeness (QED) is 0.697. The largest absolute Gasteiger partial charge is 0.489 e. The molecule has 2 aliphatic rings. The van der Waals surface area contributed by atoms with Gasteiger partial charge in [-0.1, -0.05) is 11.6 Å². The normalized spacial score (nSPS) is 16.2. The molecule has 0 radical (unpaired) electrons. The highest BCUT2D eigenvalue weighted by Crippen LogP contribution is 2.38. The Kier molecular flexibility index (Phi) is 5.67. The molecule has 0 spiro atoms. The molecule has 154 valence electrons. The predicted octanol–water partition coefficient (Wildman–Crippen LogP) is 3.30. The molecule has 2 aromatic rings. The number of esters is 1. The minimum atomic E-state index is -3.55.